The Bertz CT molecular complexity index is 193. The van der Waals surface area contributed by atoms with E-state index in [1.54, 1.807) is 0 Å². The zero-order valence-electron chi connectivity index (χ0n) is 9.04. The minimum Gasteiger partial charge on any atom is -0.391 e. The summed E-state index contributed by atoms with van der Waals surface area (Å²) in [5.74, 6) is 0.299. The Kier molecular flexibility index (Phi) is 3.14. The quantitative estimate of drug-likeness (QED) is 0.637. The topological polar surface area (TPSA) is 32.3 Å². The van der Waals surface area contributed by atoms with E-state index in [9.17, 15) is 5.11 Å². The summed E-state index contributed by atoms with van der Waals surface area (Å²) >= 11 is 0. The summed E-state index contributed by atoms with van der Waals surface area (Å²) in [6.07, 6.45) is 3.86. The van der Waals surface area contributed by atoms with Gasteiger partial charge in [0.1, 0.15) is 0 Å². The van der Waals surface area contributed by atoms with Crippen molar-refractivity contribution < 1.29 is 5.11 Å². The highest BCUT2D eigenvalue weighted by molar-refractivity contribution is 5.06. The first-order chi connectivity index (χ1) is 5.93. The van der Waals surface area contributed by atoms with Crippen LogP contribution < -0.4 is 5.32 Å². The Morgan fingerprint density at radius 3 is 2.46 bits per heavy atom. The molecule has 0 saturated carbocycles. The Balaban J connectivity index is 2.56. The molecule has 2 nitrogen and oxygen atoms in total. The molecule has 2 N–H and O–H groups in total. The second kappa shape index (κ2) is 3.81. The van der Waals surface area contributed by atoms with Crippen LogP contribution >= 0.6 is 0 Å². The summed E-state index contributed by atoms with van der Waals surface area (Å²) < 4.78 is 0. The van der Waals surface area contributed by atoms with Gasteiger partial charge in [-0.15, -0.1) is 0 Å². The minimum atomic E-state index is -0.279. The lowest BCUT2D eigenvalue weighted by Gasteiger charge is -2.34. The first kappa shape index (κ1) is 10.7. The summed E-state index contributed by atoms with van der Waals surface area (Å²) in [6.45, 7) is 9.50. The van der Waals surface area contributed by atoms with Crippen molar-refractivity contribution in [3.63, 3.8) is 0 Å². The average molecular weight is 183 g/mol. The zero-order chi connectivity index (χ0) is 10.1. The molecule has 0 saturated heterocycles. The van der Waals surface area contributed by atoms with Crippen LogP contribution in [0.5, 0.6) is 0 Å². The van der Waals surface area contributed by atoms with Crippen LogP contribution in [0.3, 0.4) is 0 Å². The van der Waals surface area contributed by atoms with Crippen molar-refractivity contribution in [1.82, 2.24) is 5.32 Å². The van der Waals surface area contributed by atoms with Crippen LogP contribution in [0.25, 0.3) is 0 Å². The summed E-state index contributed by atoms with van der Waals surface area (Å²) in [6, 6.07) is 0.147. The lowest BCUT2D eigenvalue weighted by atomic mass is 9.77. The maximum atomic E-state index is 10.0. The molecule has 13 heavy (non-hydrogen) atoms. The Hall–Kier alpha value is -0.340. The molecule has 0 spiro atoms. The van der Waals surface area contributed by atoms with Crippen LogP contribution in [-0.2, 0) is 0 Å². The molecule has 3 unspecified atom stereocenters. The first-order valence-corrected chi connectivity index (χ1v) is 5.01. The van der Waals surface area contributed by atoms with Crippen molar-refractivity contribution in [1.29, 1.82) is 0 Å². The molecule has 0 radical (unpaired) electrons. The molecule has 0 fully saturated rings. The van der Waals surface area contributed by atoms with E-state index < -0.39 is 0 Å². The van der Waals surface area contributed by atoms with Gasteiger partial charge in [0.25, 0.3) is 0 Å². The van der Waals surface area contributed by atoms with Crippen LogP contribution in [0.2, 0.25) is 0 Å². The smallest absolute Gasteiger partial charge is 0.0759 e. The second-order valence-corrected chi connectivity index (χ2v) is 5.01. The largest absolute Gasteiger partial charge is 0.391 e. The lowest BCUT2D eigenvalue weighted by molar-refractivity contribution is 0.0392. The van der Waals surface area contributed by atoms with Crippen molar-refractivity contribution in [2.75, 3.05) is 6.54 Å². The van der Waals surface area contributed by atoms with Gasteiger partial charge in [0.15, 0.2) is 0 Å². The minimum absolute atomic E-state index is 0.147. The molecule has 0 aromatic rings. The molecule has 1 heterocycles. The zero-order valence-corrected chi connectivity index (χ0v) is 9.04. The van der Waals surface area contributed by atoms with Crippen LogP contribution in [0.4, 0.5) is 0 Å². The van der Waals surface area contributed by atoms with Gasteiger partial charge in [0.2, 0.25) is 0 Å². The van der Waals surface area contributed by atoms with Crippen LogP contribution in [0, 0.1) is 11.3 Å². The van der Waals surface area contributed by atoms with E-state index in [1.165, 1.54) is 0 Å². The molecule has 3 atom stereocenters. The predicted molar refractivity (Wildman–Crippen MR) is 55.6 cm³/mol. The van der Waals surface area contributed by atoms with Gasteiger partial charge in [0.05, 0.1) is 12.1 Å². The van der Waals surface area contributed by atoms with Crippen molar-refractivity contribution in [2.24, 2.45) is 11.3 Å². The molecular weight excluding hydrogens is 162 g/mol. The molecule has 0 amide bonds. The van der Waals surface area contributed by atoms with Crippen molar-refractivity contribution in [3.8, 4) is 0 Å². The number of aliphatic hydroxyl groups is 1. The van der Waals surface area contributed by atoms with E-state index in [2.05, 4.69) is 45.2 Å². The van der Waals surface area contributed by atoms with Crippen LogP contribution in [-0.4, -0.2) is 23.8 Å². The molecule has 0 aromatic carbocycles. The summed E-state index contributed by atoms with van der Waals surface area (Å²) in [7, 11) is 0. The van der Waals surface area contributed by atoms with E-state index in [-0.39, 0.29) is 17.6 Å². The molecule has 1 rings (SSSR count). The van der Waals surface area contributed by atoms with E-state index in [0.717, 1.165) is 6.54 Å². The number of hydrogen-bond donors (Lipinski definition) is 2. The third kappa shape index (κ3) is 2.55. The highest BCUT2D eigenvalue weighted by atomic mass is 16.3. The Morgan fingerprint density at radius 1 is 1.46 bits per heavy atom. The molecule has 0 bridgehead atoms. The normalized spacial score (nSPS) is 27.6. The molecule has 76 valence electrons. The van der Waals surface area contributed by atoms with Crippen molar-refractivity contribution in [2.45, 2.75) is 39.8 Å². The number of aliphatic hydroxyl groups excluding tert-OH is 1. The van der Waals surface area contributed by atoms with Gasteiger partial charge < -0.3 is 10.4 Å². The third-order valence-corrected chi connectivity index (χ3v) is 3.06. The van der Waals surface area contributed by atoms with Gasteiger partial charge in [-0.2, -0.15) is 0 Å². The van der Waals surface area contributed by atoms with Gasteiger partial charge in [-0.3, -0.25) is 0 Å². The van der Waals surface area contributed by atoms with E-state index in [4.69, 9.17) is 0 Å². The monoisotopic (exact) mass is 183 g/mol. The highest BCUT2D eigenvalue weighted by Gasteiger charge is 2.31. The van der Waals surface area contributed by atoms with Gasteiger partial charge in [0, 0.05) is 6.54 Å². The average Bonchev–Trinajstić information content (AvgIpc) is 2.51. The number of rotatable bonds is 2. The summed E-state index contributed by atoms with van der Waals surface area (Å²) in [5, 5.41) is 13.3. The number of nitrogens with one attached hydrogen (secondary N) is 1. The van der Waals surface area contributed by atoms with Gasteiger partial charge >= 0.3 is 0 Å². The fourth-order valence-corrected chi connectivity index (χ4v) is 1.54. The fourth-order valence-electron chi connectivity index (χ4n) is 1.54. The van der Waals surface area contributed by atoms with Crippen molar-refractivity contribution in [3.05, 3.63) is 12.2 Å². The summed E-state index contributed by atoms with van der Waals surface area (Å²) in [4.78, 5) is 0. The lowest BCUT2D eigenvalue weighted by Crippen LogP contribution is -2.43. The van der Waals surface area contributed by atoms with Crippen LogP contribution in [0.15, 0.2) is 12.2 Å². The Morgan fingerprint density at radius 2 is 2.08 bits per heavy atom. The SMILES string of the molecule is CC(C(O)C1C=CCN1)C(C)(C)C. The van der Waals surface area contributed by atoms with Gasteiger partial charge in [-0.1, -0.05) is 39.8 Å². The molecule has 2 heteroatoms. The van der Waals surface area contributed by atoms with E-state index in [0.29, 0.717) is 5.92 Å². The molecule has 1 aliphatic heterocycles. The molecular formula is C11H21NO. The maximum absolute atomic E-state index is 10.0. The third-order valence-electron chi connectivity index (χ3n) is 3.06. The second-order valence-electron chi connectivity index (χ2n) is 5.01. The van der Waals surface area contributed by atoms with E-state index in [1.807, 2.05) is 0 Å². The molecule has 0 aliphatic carbocycles. The van der Waals surface area contributed by atoms with Gasteiger partial charge in [-0.25, -0.2) is 0 Å². The maximum Gasteiger partial charge on any atom is 0.0759 e. The van der Waals surface area contributed by atoms with E-state index >= 15 is 0 Å². The standard InChI is InChI=1S/C11H21NO/c1-8(11(2,3)4)10(13)9-6-5-7-12-9/h5-6,8-10,12-13H,7H2,1-4H3. The summed E-state index contributed by atoms with van der Waals surface area (Å²) in [5.41, 5.74) is 0.164. The highest BCUT2D eigenvalue weighted by Crippen LogP contribution is 2.30. The van der Waals surface area contributed by atoms with Crippen molar-refractivity contribution >= 4 is 0 Å². The van der Waals surface area contributed by atoms with Crippen LogP contribution in [0.1, 0.15) is 27.7 Å². The predicted octanol–water partition coefficient (Wildman–Crippen LogP) is 1.56. The Labute approximate surface area is 81.0 Å². The van der Waals surface area contributed by atoms with Gasteiger partial charge in [-0.05, 0) is 11.3 Å². The number of hydrogen-bond acceptors (Lipinski definition) is 2. The first-order valence-electron chi connectivity index (χ1n) is 5.01. The molecule has 0 aromatic heterocycles. The molecule has 1 aliphatic rings. The fraction of sp³-hybridized carbons (Fsp3) is 0.818.